The Labute approximate surface area is 188 Å². The molecule has 0 aliphatic rings. The first-order chi connectivity index (χ1) is 15.3. The molecule has 0 saturated heterocycles. The van der Waals surface area contributed by atoms with Crippen LogP contribution in [0.15, 0.2) is 48.5 Å². The summed E-state index contributed by atoms with van der Waals surface area (Å²) >= 11 is 0.905. The molecule has 7 nitrogen and oxygen atoms in total. The molecule has 0 spiro atoms. The lowest BCUT2D eigenvalue weighted by Gasteiger charge is -2.07. The van der Waals surface area contributed by atoms with Gasteiger partial charge in [0.05, 0.1) is 29.7 Å². The molecule has 9 heteroatoms. The third-order valence-corrected chi connectivity index (χ3v) is 5.72. The molecule has 0 aliphatic heterocycles. The second-order valence-corrected chi connectivity index (χ2v) is 7.62. The van der Waals surface area contributed by atoms with Crippen molar-refractivity contribution in [2.24, 2.45) is 0 Å². The lowest BCUT2D eigenvalue weighted by atomic mass is 10.1. The van der Waals surface area contributed by atoms with E-state index in [4.69, 9.17) is 9.47 Å². The quantitative estimate of drug-likeness (QED) is 0.494. The number of thiophene rings is 1. The lowest BCUT2D eigenvalue weighted by molar-refractivity contribution is 0.0601. The van der Waals surface area contributed by atoms with Gasteiger partial charge in [-0.15, -0.1) is 11.3 Å². The van der Waals surface area contributed by atoms with Gasteiger partial charge in [-0.2, -0.15) is 0 Å². The summed E-state index contributed by atoms with van der Waals surface area (Å²) in [6.07, 6.45) is 0. The Balaban J connectivity index is 1.89. The van der Waals surface area contributed by atoms with E-state index < -0.39 is 23.6 Å². The average molecular weight is 456 g/mol. The fourth-order valence-corrected chi connectivity index (χ4v) is 4.06. The maximum Gasteiger partial charge on any atom is 0.341 e. The van der Waals surface area contributed by atoms with Gasteiger partial charge in [-0.05, 0) is 55.8 Å². The number of nitrogens with one attached hydrogen (secondary N) is 2. The summed E-state index contributed by atoms with van der Waals surface area (Å²) in [4.78, 5) is 38.0. The van der Waals surface area contributed by atoms with Crippen molar-refractivity contribution in [2.45, 2.75) is 13.8 Å². The van der Waals surface area contributed by atoms with E-state index in [0.717, 1.165) is 17.4 Å². The maximum absolute atomic E-state index is 14.0. The number of hydrogen-bond acceptors (Lipinski definition) is 6. The van der Waals surface area contributed by atoms with Crippen LogP contribution in [0.25, 0.3) is 0 Å². The van der Waals surface area contributed by atoms with Gasteiger partial charge in [-0.3, -0.25) is 9.59 Å². The van der Waals surface area contributed by atoms with Gasteiger partial charge in [0, 0.05) is 5.69 Å². The minimum absolute atomic E-state index is 0.0408. The van der Waals surface area contributed by atoms with E-state index in [1.165, 1.54) is 25.3 Å². The van der Waals surface area contributed by atoms with Crippen LogP contribution in [0.4, 0.5) is 15.1 Å². The van der Waals surface area contributed by atoms with Crippen LogP contribution in [0.5, 0.6) is 5.75 Å². The third kappa shape index (κ3) is 4.94. The van der Waals surface area contributed by atoms with Gasteiger partial charge in [0.25, 0.3) is 11.8 Å². The number of carbonyl (C=O) groups is 3. The van der Waals surface area contributed by atoms with Crippen LogP contribution in [0, 0.1) is 12.7 Å². The highest BCUT2D eigenvalue weighted by Crippen LogP contribution is 2.34. The van der Waals surface area contributed by atoms with Crippen LogP contribution in [0.3, 0.4) is 0 Å². The monoisotopic (exact) mass is 456 g/mol. The van der Waals surface area contributed by atoms with Crippen molar-refractivity contribution in [3.8, 4) is 5.75 Å². The van der Waals surface area contributed by atoms with Gasteiger partial charge in [0.1, 0.15) is 16.6 Å². The highest BCUT2D eigenvalue weighted by Gasteiger charge is 2.27. The Morgan fingerprint density at radius 2 is 1.69 bits per heavy atom. The number of benzene rings is 2. The van der Waals surface area contributed by atoms with Gasteiger partial charge in [-0.25, -0.2) is 9.18 Å². The molecule has 2 N–H and O–H groups in total. The molecule has 2 aromatic carbocycles. The molecule has 32 heavy (non-hydrogen) atoms. The number of anilines is 2. The van der Waals surface area contributed by atoms with Crippen LogP contribution in [0.2, 0.25) is 0 Å². The fourth-order valence-electron chi connectivity index (χ4n) is 2.97. The SMILES string of the molecule is CCOc1ccc(NC(=O)c2sc(NC(=O)c3ccccc3F)c(C(=O)OC)c2C)cc1. The van der Waals surface area contributed by atoms with Crippen LogP contribution in [-0.4, -0.2) is 31.5 Å². The Hall–Kier alpha value is -3.72. The van der Waals surface area contributed by atoms with E-state index in [-0.39, 0.29) is 21.0 Å². The number of rotatable bonds is 7. The molecule has 0 atom stereocenters. The molecule has 1 heterocycles. The minimum atomic E-state index is -0.743. The molecule has 2 amide bonds. The molecule has 0 fully saturated rings. The van der Waals surface area contributed by atoms with Crippen molar-refractivity contribution in [1.82, 2.24) is 0 Å². The van der Waals surface area contributed by atoms with Gasteiger partial charge in [0.2, 0.25) is 0 Å². The highest BCUT2D eigenvalue weighted by atomic mass is 32.1. The smallest absolute Gasteiger partial charge is 0.341 e. The van der Waals surface area contributed by atoms with Crippen LogP contribution in [-0.2, 0) is 4.74 Å². The number of amides is 2. The summed E-state index contributed by atoms with van der Waals surface area (Å²) in [7, 11) is 1.20. The van der Waals surface area contributed by atoms with Crippen molar-refractivity contribution in [2.75, 3.05) is 24.4 Å². The summed E-state index contributed by atoms with van der Waals surface area (Å²) in [5.41, 5.74) is 0.728. The zero-order valence-electron chi connectivity index (χ0n) is 17.7. The van der Waals surface area contributed by atoms with Crippen molar-refractivity contribution in [3.05, 3.63) is 75.9 Å². The van der Waals surface area contributed by atoms with Crippen LogP contribution >= 0.6 is 11.3 Å². The number of methoxy groups -OCH3 is 1. The van der Waals surface area contributed by atoms with Crippen molar-refractivity contribution >= 4 is 39.8 Å². The molecule has 0 bridgehead atoms. The molecule has 166 valence electrons. The Kier molecular flexibility index (Phi) is 7.21. The second-order valence-electron chi connectivity index (χ2n) is 6.60. The van der Waals surface area contributed by atoms with E-state index in [2.05, 4.69) is 10.6 Å². The van der Waals surface area contributed by atoms with Gasteiger partial charge >= 0.3 is 5.97 Å². The van der Waals surface area contributed by atoms with E-state index >= 15 is 0 Å². The normalized spacial score (nSPS) is 10.4. The zero-order chi connectivity index (χ0) is 23.3. The molecule has 1 aromatic heterocycles. The first kappa shape index (κ1) is 23.0. The van der Waals surface area contributed by atoms with Crippen molar-refractivity contribution in [1.29, 1.82) is 0 Å². The molecule has 0 unspecified atom stereocenters. The Bertz CT molecular complexity index is 1160. The van der Waals surface area contributed by atoms with E-state index in [1.54, 1.807) is 31.2 Å². The highest BCUT2D eigenvalue weighted by molar-refractivity contribution is 7.19. The molecular formula is C23H21FN2O5S. The summed E-state index contributed by atoms with van der Waals surface area (Å²) in [5.74, 6) is -1.96. The first-order valence-corrected chi connectivity index (χ1v) is 10.5. The molecule has 3 aromatic rings. The number of esters is 1. The van der Waals surface area contributed by atoms with E-state index in [9.17, 15) is 18.8 Å². The molecule has 0 saturated carbocycles. The zero-order valence-corrected chi connectivity index (χ0v) is 18.5. The number of carbonyl (C=O) groups excluding carboxylic acids is 3. The summed E-state index contributed by atoms with van der Waals surface area (Å²) in [5, 5.41) is 5.37. The van der Waals surface area contributed by atoms with Gasteiger partial charge < -0.3 is 20.1 Å². The van der Waals surface area contributed by atoms with E-state index in [0.29, 0.717) is 23.6 Å². The second kappa shape index (κ2) is 10.1. The number of hydrogen-bond donors (Lipinski definition) is 2. The minimum Gasteiger partial charge on any atom is -0.494 e. The Morgan fingerprint density at radius 1 is 1.00 bits per heavy atom. The van der Waals surface area contributed by atoms with E-state index in [1.807, 2.05) is 6.92 Å². The van der Waals surface area contributed by atoms with Crippen LogP contribution < -0.4 is 15.4 Å². The van der Waals surface area contributed by atoms with Crippen LogP contribution in [0.1, 0.15) is 42.9 Å². The third-order valence-electron chi connectivity index (χ3n) is 4.51. The lowest BCUT2D eigenvalue weighted by Crippen LogP contribution is -2.15. The van der Waals surface area contributed by atoms with Crippen molar-refractivity contribution in [3.63, 3.8) is 0 Å². The summed E-state index contributed by atoms with van der Waals surface area (Å²) < 4.78 is 24.2. The molecule has 0 radical (unpaired) electrons. The first-order valence-electron chi connectivity index (χ1n) is 9.67. The Morgan fingerprint density at radius 3 is 2.31 bits per heavy atom. The number of halogens is 1. The predicted octanol–water partition coefficient (Wildman–Crippen LogP) is 4.89. The topological polar surface area (TPSA) is 93.7 Å². The maximum atomic E-state index is 14.0. The fraction of sp³-hybridized carbons (Fsp3) is 0.174. The average Bonchev–Trinajstić information content (AvgIpc) is 3.10. The summed E-state index contributed by atoms with van der Waals surface area (Å²) in [6, 6.07) is 12.3. The molecular weight excluding hydrogens is 435 g/mol. The predicted molar refractivity (Wildman–Crippen MR) is 120 cm³/mol. The standard InChI is InChI=1S/C23H21FN2O5S/c1-4-31-15-11-9-14(10-12-15)25-21(28)19-13(2)18(23(29)30-3)22(32-19)26-20(27)16-7-5-6-8-17(16)24/h5-12H,4H2,1-3H3,(H,25,28)(H,26,27). The summed E-state index contributed by atoms with van der Waals surface area (Å²) in [6.45, 7) is 3.98. The number of ether oxygens (including phenoxy) is 2. The van der Waals surface area contributed by atoms with Crippen molar-refractivity contribution < 1.29 is 28.2 Å². The largest absolute Gasteiger partial charge is 0.494 e. The van der Waals surface area contributed by atoms with Gasteiger partial charge in [-0.1, -0.05) is 12.1 Å². The van der Waals surface area contributed by atoms with Gasteiger partial charge in [0.15, 0.2) is 0 Å². The molecule has 0 aliphatic carbocycles. The molecule has 3 rings (SSSR count).